The van der Waals surface area contributed by atoms with Crippen LogP contribution < -0.4 is 0 Å². The summed E-state index contributed by atoms with van der Waals surface area (Å²) in [6.07, 6.45) is 0. The summed E-state index contributed by atoms with van der Waals surface area (Å²) in [5, 5.41) is 20.0. The molecule has 0 saturated carbocycles. The first kappa shape index (κ1) is 12.3. The van der Waals surface area contributed by atoms with Gasteiger partial charge in [0, 0.05) is 51.6 Å². The van der Waals surface area contributed by atoms with Gasteiger partial charge in [0.15, 0.2) is 11.5 Å². The molecule has 0 spiro atoms. The molecule has 0 fully saturated rings. The van der Waals surface area contributed by atoms with Crippen LogP contribution in [-0.4, -0.2) is 10.2 Å². The Morgan fingerprint density at radius 3 is 1.44 bits per heavy atom. The zero-order valence-electron chi connectivity index (χ0n) is 4.21. The standard InChI is InChI=1S/C4H4O2S.2Re/c5-3-1-7-2-4(3)6;;/h1-2,5-6H;;. The molecule has 0 aliphatic heterocycles. The van der Waals surface area contributed by atoms with E-state index in [9.17, 15) is 0 Å². The van der Waals surface area contributed by atoms with Crippen molar-refractivity contribution < 1.29 is 51.1 Å². The molecule has 0 aliphatic rings. The molecule has 9 heavy (non-hydrogen) atoms. The van der Waals surface area contributed by atoms with E-state index in [1.807, 2.05) is 0 Å². The van der Waals surface area contributed by atoms with E-state index >= 15 is 0 Å². The molecule has 2 N–H and O–H groups in total. The number of hydrogen-bond donors (Lipinski definition) is 2. The Hall–Kier alpha value is 0.625. The van der Waals surface area contributed by atoms with Gasteiger partial charge in [0.1, 0.15) is 0 Å². The number of rotatable bonds is 0. The first-order valence-electron chi connectivity index (χ1n) is 1.75. The van der Waals surface area contributed by atoms with E-state index in [1.54, 1.807) is 0 Å². The predicted octanol–water partition coefficient (Wildman–Crippen LogP) is 1.15. The van der Waals surface area contributed by atoms with Gasteiger partial charge in [-0.25, -0.2) is 0 Å². The van der Waals surface area contributed by atoms with Gasteiger partial charge in [-0.2, -0.15) is 0 Å². The fourth-order valence-electron chi connectivity index (χ4n) is 0.284. The normalized spacial score (nSPS) is 7.11. The van der Waals surface area contributed by atoms with Gasteiger partial charge in [0.2, 0.25) is 0 Å². The van der Waals surface area contributed by atoms with Crippen molar-refractivity contribution >= 4 is 11.3 Å². The van der Waals surface area contributed by atoms with Gasteiger partial charge in [0.25, 0.3) is 0 Å². The molecule has 52 valence electrons. The van der Waals surface area contributed by atoms with E-state index in [0.717, 1.165) is 0 Å². The van der Waals surface area contributed by atoms with Gasteiger partial charge in [-0.1, -0.05) is 0 Å². The fourth-order valence-corrected chi connectivity index (χ4v) is 0.851. The maximum atomic E-state index is 8.52. The third-order valence-electron chi connectivity index (χ3n) is 0.622. The van der Waals surface area contributed by atoms with Crippen LogP contribution in [0.1, 0.15) is 0 Å². The second kappa shape index (κ2) is 5.41. The minimum absolute atomic E-state index is 0. The van der Waals surface area contributed by atoms with Gasteiger partial charge >= 0.3 is 0 Å². The summed E-state index contributed by atoms with van der Waals surface area (Å²) in [4.78, 5) is 0. The van der Waals surface area contributed by atoms with Crippen molar-refractivity contribution in [3.05, 3.63) is 10.8 Å². The average Bonchev–Trinajstić information content (AvgIpc) is 1.91. The Morgan fingerprint density at radius 1 is 1.00 bits per heavy atom. The fraction of sp³-hybridized carbons (Fsp3) is 0. The second-order valence-electron chi connectivity index (χ2n) is 1.14. The molecule has 0 unspecified atom stereocenters. The zero-order valence-corrected chi connectivity index (χ0v) is 10.5. The van der Waals surface area contributed by atoms with Crippen LogP contribution in [0.5, 0.6) is 11.5 Å². The second-order valence-corrected chi connectivity index (χ2v) is 1.89. The number of hydrogen-bond acceptors (Lipinski definition) is 3. The molecule has 0 aliphatic carbocycles. The van der Waals surface area contributed by atoms with Crippen LogP contribution >= 0.6 is 11.3 Å². The zero-order chi connectivity index (χ0) is 5.28. The van der Waals surface area contributed by atoms with Crippen molar-refractivity contribution in [3.63, 3.8) is 0 Å². The molecule has 0 bridgehead atoms. The Kier molecular flexibility index (Phi) is 7.41. The maximum Gasteiger partial charge on any atom is 0.168 e. The summed E-state index contributed by atoms with van der Waals surface area (Å²) in [5.74, 6) is -0.0741. The minimum Gasteiger partial charge on any atom is -0.504 e. The summed E-state index contributed by atoms with van der Waals surface area (Å²) in [6, 6.07) is 0. The number of aromatic hydroxyl groups is 2. The molecule has 1 aromatic heterocycles. The Morgan fingerprint density at radius 2 is 1.33 bits per heavy atom. The molecule has 1 rings (SSSR count). The third-order valence-corrected chi connectivity index (χ3v) is 1.34. The minimum atomic E-state index is -0.0370. The summed E-state index contributed by atoms with van der Waals surface area (Å²) in [7, 11) is 0. The van der Waals surface area contributed by atoms with Crippen LogP contribution in [0, 0.1) is 0 Å². The van der Waals surface area contributed by atoms with Crippen molar-refractivity contribution in [1.82, 2.24) is 0 Å². The molecule has 1 aromatic rings. The van der Waals surface area contributed by atoms with Gasteiger partial charge < -0.3 is 10.2 Å². The van der Waals surface area contributed by atoms with E-state index in [0.29, 0.717) is 0 Å². The first-order valence-corrected chi connectivity index (χ1v) is 2.69. The van der Waals surface area contributed by atoms with E-state index in [2.05, 4.69) is 0 Å². The molecule has 5 heteroatoms. The van der Waals surface area contributed by atoms with Gasteiger partial charge in [-0.15, -0.1) is 11.3 Å². The number of thiophene rings is 1. The first-order chi connectivity index (χ1) is 3.30. The average molecular weight is 489 g/mol. The summed E-state index contributed by atoms with van der Waals surface area (Å²) in [5.41, 5.74) is 0. The Labute approximate surface area is 84.2 Å². The van der Waals surface area contributed by atoms with Crippen LogP contribution in [0.4, 0.5) is 0 Å². The van der Waals surface area contributed by atoms with Gasteiger partial charge in [-0.3, -0.25) is 0 Å². The predicted molar refractivity (Wildman–Crippen MR) is 27.6 cm³/mol. The van der Waals surface area contributed by atoms with Gasteiger partial charge in [0.05, 0.1) is 0 Å². The summed E-state index contributed by atoms with van der Waals surface area (Å²) >= 11 is 1.27. The smallest absolute Gasteiger partial charge is 0.168 e. The van der Waals surface area contributed by atoms with Gasteiger partial charge in [-0.05, 0) is 0 Å². The molecule has 1 heterocycles. The third kappa shape index (κ3) is 3.35. The van der Waals surface area contributed by atoms with Crippen LogP contribution in [0.25, 0.3) is 0 Å². The molecule has 0 saturated heterocycles. The SMILES string of the molecule is Oc1cscc1O.[Re].[Re]. The Balaban J connectivity index is 0. The van der Waals surface area contributed by atoms with Crippen molar-refractivity contribution in [2.45, 2.75) is 0 Å². The maximum absolute atomic E-state index is 8.52. The summed E-state index contributed by atoms with van der Waals surface area (Å²) < 4.78 is 0. The van der Waals surface area contributed by atoms with Crippen molar-refractivity contribution in [1.29, 1.82) is 0 Å². The van der Waals surface area contributed by atoms with Crippen LogP contribution in [-0.2, 0) is 40.8 Å². The molecular weight excluding hydrogens is 485 g/mol. The van der Waals surface area contributed by atoms with Crippen molar-refractivity contribution in [2.75, 3.05) is 0 Å². The molecular formula is C4H4O2Re2S. The topological polar surface area (TPSA) is 40.5 Å². The van der Waals surface area contributed by atoms with E-state index < -0.39 is 0 Å². The molecule has 0 amide bonds. The summed E-state index contributed by atoms with van der Waals surface area (Å²) in [6.45, 7) is 0. The monoisotopic (exact) mass is 490 g/mol. The van der Waals surface area contributed by atoms with Crippen LogP contribution in [0.3, 0.4) is 0 Å². The van der Waals surface area contributed by atoms with E-state index in [1.165, 1.54) is 22.1 Å². The molecule has 2 radical (unpaired) electrons. The molecule has 0 aromatic carbocycles. The Bertz CT molecular complexity index is 149. The van der Waals surface area contributed by atoms with Crippen LogP contribution in [0.15, 0.2) is 10.8 Å². The molecule has 2 nitrogen and oxygen atoms in total. The van der Waals surface area contributed by atoms with E-state index in [-0.39, 0.29) is 52.3 Å². The van der Waals surface area contributed by atoms with Crippen LogP contribution in [0.2, 0.25) is 0 Å². The van der Waals surface area contributed by atoms with Crippen molar-refractivity contribution in [3.8, 4) is 11.5 Å². The quantitative estimate of drug-likeness (QED) is 0.576. The molecule has 0 atom stereocenters. The largest absolute Gasteiger partial charge is 0.504 e. The van der Waals surface area contributed by atoms with E-state index in [4.69, 9.17) is 10.2 Å². The van der Waals surface area contributed by atoms with Crippen molar-refractivity contribution in [2.24, 2.45) is 0 Å².